The van der Waals surface area contributed by atoms with Crippen LogP contribution in [0.1, 0.15) is 12.5 Å². The highest BCUT2D eigenvalue weighted by Gasteiger charge is 2.06. The number of carbonyl (C=O) groups excluding carboxylic acids is 3. The van der Waals surface area contributed by atoms with Crippen molar-refractivity contribution in [2.24, 2.45) is 0 Å². The van der Waals surface area contributed by atoms with Crippen LogP contribution in [0.25, 0.3) is 0 Å². The van der Waals surface area contributed by atoms with E-state index in [0.717, 1.165) is 12.2 Å². The highest BCUT2D eigenvalue weighted by atomic mass is 19.1. The Morgan fingerprint density at radius 2 is 1.68 bits per heavy atom. The molecule has 22 heavy (non-hydrogen) atoms. The standard InChI is InChI=1S/C15H16FNO5/c1-2-21-14(19)7-8-15(20)22-10-13(18)17-9-11-3-5-12(16)6-4-11/h3-8H,2,9-10H2,1H3,(H,17,18)/b8-7+. The van der Waals surface area contributed by atoms with Crippen LogP contribution in [0.5, 0.6) is 0 Å². The molecule has 0 saturated heterocycles. The molecular formula is C15H16FNO5. The Kier molecular flexibility index (Phi) is 7.32. The highest BCUT2D eigenvalue weighted by molar-refractivity contribution is 5.92. The first-order valence-electron chi connectivity index (χ1n) is 6.54. The number of benzene rings is 1. The second-order valence-electron chi connectivity index (χ2n) is 4.10. The van der Waals surface area contributed by atoms with Crippen molar-refractivity contribution in [3.8, 4) is 0 Å². The largest absolute Gasteiger partial charge is 0.463 e. The van der Waals surface area contributed by atoms with Gasteiger partial charge in [-0.05, 0) is 24.6 Å². The van der Waals surface area contributed by atoms with Gasteiger partial charge in [0, 0.05) is 18.7 Å². The van der Waals surface area contributed by atoms with E-state index in [4.69, 9.17) is 0 Å². The topological polar surface area (TPSA) is 81.7 Å². The number of amides is 1. The molecule has 1 aromatic rings. The predicted octanol–water partition coefficient (Wildman–Crippen LogP) is 1.10. The summed E-state index contributed by atoms with van der Waals surface area (Å²) >= 11 is 0. The fourth-order valence-electron chi connectivity index (χ4n) is 1.37. The first-order valence-corrected chi connectivity index (χ1v) is 6.54. The SMILES string of the molecule is CCOC(=O)/C=C/C(=O)OCC(=O)NCc1ccc(F)cc1. The molecule has 0 unspecified atom stereocenters. The van der Waals surface area contributed by atoms with Crippen LogP contribution in [-0.4, -0.2) is 31.1 Å². The van der Waals surface area contributed by atoms with Crippen LogP contribution in [0, 0.1) is 5.82 Å². The van der Waals surface area contributed by atoms with E-state index in [0.29, 0.717) is 5.56 Å². The van der Waals surface area contributed by atoms with Gasteiger partial charge in [0.15, 0.2) is 6.61 Å². The molecule has 0 aromatic heterocycles. The minimum atomic E-state index is -0.829. The number of carbonyl (C=O) groups is 3. The fourth-order valence-corrected chi connectivity index (χ4v) is 1.37. The number of rotatable bonds is 7. The van der Waals surface area contributed by atoms with Gasteiger partial charge in [-0.25, -0.2) is 14.0 Å². The Morgan fingerprint density at radius 3 is 2.27 bits per heavy atom. The summed E-state index contributed by atoms with van der Waals surface area (Å²) in [5, 5.41) is 2.50. The molecule has 0 aliphatic carbocycles. The second kappa shape index (κ2) is 9.28. The van der Waals surface area contributed by atoms with Crippen molar-refractivity contribution in [3.63, 3.8) is 0 Å². The second-order valence-corrected chi connectivity index (χ2v) is 4.10. The summed E-state index contributed by atoms with van der Waals surface area (Å²) in [6, 6.07) is 5.62. The maximum atomic E-state index is 12.7. The summed E-state index contributed by atoms with van der Waals surface area (Å²) in [6.07, 6.45) is 1.80. The molecule has 0 aliphatic rings. The highest BCUT2D eigenvalue weighted by Crippen LogP contribution is 2.01. The molecule has 0 fully saturated rings. The molecule has 6 nitrogen and oxygen atoms in total. The Labute approximate surface area is 126 Å². The van der Waals surface area contributed by atoms with Crippen LogP contribution in [0.15, 0.2) is 36.4 Å². The Morgan fingerprint density at radius 1 is 1.09 bits per heavy atom. The molecule has 0 atom stereocenters. The molecule has 0 bridgehead atoms. The summed E-state index contributed by atoms with van der Waals surface area (Å²) in [4.78, 5) is 33.6. The molecule has 0 heterocycles. The van der Waals surface area contributed by atoms with E-state index in [2.05, 4.69) is 14.8 Å². The zero-order chi connectivity index (χ0) is 16.4. The molecule has 118 valence electrons. The summed E-state index contributed by atoms with van der Waals surface area (Å²) in [5.41, 5.74) is 0.711. The van der Waals surface area contributed by atoms with E-state index >= 15 is 0 Å². The van der Waals surface area contributed by atoms with E-state index in [9.17, 15) is 18.8 Å². The lowest BCUT2D eigenvalue weighted by molar-refractivity contribution is -0.144. The van der Waals surface area contributed by atoms with Gasteiger partial charge in [0.1, 0.15) is 5.82 Å². The third kappa shape index (κ3) is 7.18. The molecule has 0 aliphatic heterocycles. The molecular weight excluding hydrogens is 293 g/mol. The third-order valence-corrected chi connectivity index (χ3v) is 2.39. The van der Waals surface area contributed by atoms with E-state index < -0.39 is 24.5 Å². The zero-order valence-corrected chi connectivity index (χ0v) is 12.0. The monoisotopic (exact) mass is 309 g/mol. The van der Waals surface area contributed by atoms with E-state index in [1.165, 1.54) is 24.3 Å². The van der Waals surface area contributed by atoms with E-state index in [1.807, 2.05) is 0 Å². The van der Waals surface area contributed by atoms with Crippen LogP contribution in [-0.2, 0) is 30.4 Å². The van der Waals surface area contributed by atoms with Gasteiger partial charge in [0.05, 0.1) is 6.61 Å². The van der Waals surface area contributed by atoms with Gasteiger partial charge in [0.25, 0.3) is 5.91 Å². The average Bonchev–Trinajstić information content (AvgIpc) is 2.50. The number of ether oxygens (including phenoxy) is 2. The maximum absolute atomic E-state index is 12.7. The number of hydrogen-bond acceptors (Lipinski definition) is 5. The van der Waals surface area contributed by atoms with E-state index in [-0.39, 0.29) is 19.0 Å². The Balaban J connectivity index is 2.26. The van der Waals surface area contributed by atoms with Gasteiger partial charge in [0.2, 0.25) is 0 Å². The van der Waals surface area contributed by atoms with Crippen molar-refractivity contribution in [1.82, 2.24) is 5.32 Å². The first-order chi connectivity index (χ1) is 10.5. The van der Waals surface area contributed by atoms with Crippen LogP contribution in [0.2, 0.25) is 0 Å². The molecule has 0 saturated carbocycles. The molecule has 1 N–H and O–H groups in total. The average molecular weight is 309 g/mol. The normalized spacial score (nSPS) is 10.3. The molecule has 1 amide bonds. The Bertz CT molecular complexity index is 554. The fraction of sp³-hybridized carbons (Fsp3) is 0.267. The molecule has 1 rings (SSSR count). The van der Waals surface area contributed by atoms with Crippen LogP contribution in [0.3, 0.4) is 0 Å². The molecule has 0 radical (unpaired) electrons. The summed E-state index contributed by atoms with van der Waals surface area (Å²) in [7, 11) is 0. The summed E-state index contributed by atoms with van der Waals surface area (Å²) in [6.45, 7) is 1.54. The molecule has 1 aromatic carbocycles. The van der Waals surface area contributed by atoms with Crippen molar-refractivity contribution < 1.29 is 28.2 Å². The third-order valence-electron chi connectivity index (χ3n) is 2.39. The zero-order valence-electron chi connectivity index (χ0n) is 12.0. The first kappa shape index (κ1) is 17.4. The van der Waals surface area contributed by atoms with Crippen molar-refractivity contribution >= 4 is 17.8 Å². The van der Waals surface area contributed by atoms with Crippen molar-refractivity contribution in [1.29, 1.82) is 0 Å². The lowest BCUT2D eigenvalue weighted by Gasteiger charge is -2.05. The predicted molar refractivity (Wildman–Crippen MR) is 75.0 cm³/mol. The van der Waals surface area contributed by atoms with Gasteiger partial charge in [-0.2, -0.15) is 0 Å². The van der Waals surface area contributed by atoms with Crippen molar-refractivity contribution in [2.75, 3.05) is 13.2 Å². The van der Waals surface area contributed by atoms with E-state index in [1.54, 1.807) is 6.92 Å². The number of halogens is 1. The minimum Gasteiger partial charge on any atom is -0.463 e. The quantitative estimate of drug-likeness (QED) is 0.602. The number of hydrogen-bond donors (Lipinski definition) is 1. The van der Waals surface area contributed by atoms with Crippen LogP contribution in [0.4, 0.5) is 4.39 Å². The van der Waals surface area contributed by atoms with Gasteiger partial charge in [-0.1, -0.05) is 12.1 Å². The van der Waals surface area contributed by atoms with Crippen LogP contribution < -0.4 is 5.32 Å². The van der Waals surface area contributed by atoms with Gasteiger partial charge < -0.3 is 14.8 Å². The number of nitrogens with one attached hydrogen (secondary N) is 1. The lowest BCUT2D eigenvalue weighted by Crippen LogP contribution is -2.28. The van der Waals surface area contributed by atoms with Gasteiger partial charge >= 0.3 is 11.9 Å². The minimum absolute atomic E-state index is 0.190. The summed E-state index contributed by atoms with van der Waals surface area (Å²) in [5.74, 6) is -2.37. The molecule has 0 spiro atoms. The maximum Gasteiger partial charge on any atom is 0.331 e. The lowest BCUT2D eigenvalue weighted by atomic mass is 10.2. The number of esters is 2. The molecule has 7 heteroatoms. The van der Waals surface area contributed by atoms with Crippen molar-refractivity contribution in [3.05, 3.63) is 47.8 Å². The smallest absolute Gasteiger partial charge is 0.331 e. The van der Waals surface area contributed by atoms with Crippen molar-refractivity contribution in [2.45, 2.75) is 13.5 Å². The van der Waals surface area contributed by atoms with Gasteiger partial charge in [-0.3, -0.25) is 4.79 Å². The van der Waals surface area contributed by atoms with Gasteiger partial charge in [-0.15, -0.1) is 0 Å². The summed E-state index contributed by atoms with van der Waals surface area (Å²) < 4.78 is 21.9. The van der Waals surface area contributed by atoms with Crippen LogP contribution >= 0.6 is 0 Å². The Hall–Kier alpha value is -2.70.